The normalized spacial score (nSPS) is 12.6. The molecule has 1 N–H and O–H groups in total. The average Bonchev–Trinajstić information content (AvgIpc) is 2.87. The Hall–Kier alpha value is -3.49. The molecule has 0 aliphatic rings. The summed E-state index contributed by atoms with van der Waals surface area (Å²) in [4.78, 5) is 18.8. The Morgan fingerprint density at radius 1 is 1.03 bits per heavy atom. The number of hydrogen-bond donors (Lipinski definition) is 1. The molecule has 1 aromatic heterocycles. The van der Waals surface area contributed by atoms with E-state index in [1.165, 1.54) is 22.3 Å². The largest absolute Gasteiger partial charge is 0.491 e. The van der Waals surface area contributed by atoms with Gasteiger partial charge >= 0.3 is 0 Å². The van der Waals surface area contributed by atoms with Crippen LogP contribution in [0.5, 0.6) is 5.75 Å². The third-order valence-electron chi connectivity index (χ3n) is 6.66. The third kappa shape index (κ3) is 5.31. The second kappa shape index (κ2) is 10.5. The summed E-state index contributed by atoms with van der Waals surface area (Å²) in [5, 5.41) is 9.39. The van der Waals surface area contributed by atoms with E-state index in [9.17, 15) is 13.2 Å². The highest BCUT2D eigenvalue weighted by molar-refractivity contribution is 7.90. The summed E-state index contributed by atoms with van der Waals surface area (Å²) in [6.45, 7) is 8.20. The Morgan fingerprint density at radius 3 is 2.24 bits per heavy atom. The van der Waals surface area contributed by atoms with Crippen LogP contribution in [0.2, 0.25) is 0 Å². The van der Waals surface area contributed by atoms with Crippen LogP contribution in [0.3, 0.4) is 0 Å². The van der Waals surface area contributed by atoms with Crippen LogP contribution in [0.15, 0.2) is 64.3 Å². The molecule has 4 rings (SSSR count). The number of rotatable bonds is 8. The fourth-order valence-electron chi connectivity index (χ4n) is 4.47. The van der Waals surface area contributed by atoms with Crippen molar-refractivity contribution in [3.05, 3.63) is 81.6 Å². The van der Waals surface area contributed by atoms with Crippen LogP contribution in [0.25, 0.3) is 28.0 Å². The lowest BCUT2D eigenvalue weighted by Crippen LogP contribution is -2.22. The first-order valence-corrected chi connectivity index (χ1v) is 14.2. The Kier molecular flexibility index (Phi) is 7.52. The van der Waals surface area contributed by atoms with Crippen LogP contribution in [-0.2, 0) is 9.84 Å². The third-order valence-corrected chi connectivity index (χ3v) is 7.77. The lowest BCUT2D eigenvalue weighted by molar-refractivity contribution is 0.200. The minimum absolute atomic E-state index is 0.0717. The van der Waals surface area contributed by atoms with Gasteiger partial charge in [0, 0.05) is 11.8 Å². The van der Waals surface area contributed by atoms with Crippen LogP contribution in [0, 0.1) is 13.8 Å². The molecular weight excluding hydrogens is 488 g/mol. The zero-order valence-corrected chi connectivity index (χ0v) is 22.6. The molecule has 0 bridgehead atoms. The number of benzene rings is 3. The number of sulfone groups is 1. The number of hydrogen-bond acceptors (Lipinski definition) is 6. The summed E-state index contributed by atoms with van der Waals surface area (Å²) >= 11 is 0. The van der Waals surface area contributed by atoms with Crippen molar-refractivity contribution in [3.8, 4) is 22.8 Å². The van der Waals surface area contributed by atoms with Crippen LogP contribution in [0.4, 0.5) is 0 Å². The number of ether oxygens (including phenoxy) is 1. The smallest absolute Gasteiger partial charge is 0.266 e. The molecule has 0 aliphatic carbocycles. The summed E-state index contributed by atoms with van der Waals surface area (Å²) in [5.74, 6) is 1.51. The fourth-order valence-corrected chi connectivity index (χ4v) is 5.12. The van der Waals surface area contributed by atoms with Crippen LogP contribution in [0.1, 0.15) is 42.9 Å². The lowest BCUT2D eigenvalue weighted by Gasteiger charge is -2.18. The number of aryl methyl sites for hydroxylation is 2. The van der Waals surface area contributed by atoms with Gasteiger partial charge in [-0.1, -0.05) is 26.0 Å². The van der Waals surface area contributed by atoms with Gasteiger partial charge in [0.25, 0.3) is 5.56 Å². The lowest BCUT2D eigenvalue weighted by atomic mass is 9.98. The first-order valence-electron chi connectivity index (χ1n) is 12.3. The molecule has 0 aliphatic heterocycles. The second-order valence-corrected chi connectivity index (χ2v) is 11.5. The van der Waals surface area contributed by atoms with E-state index in [0.29, 0.717) is 28.7 Å². The highest BCUT2D eigenvalue weighted by atomic mass is 32.2. The maximum Gasteiger partial charge on any atom is 0.266 e. The highest BCUT2D eigenvalue weighted by Gasteiger charge is 2.19. The van der Waals surface area contributed by atoms with E-state index in [1.807, 2.05) is 50.2 Å². The Labute approximate surface area is 217 Å². The summed E-state index contributed by atoms with van der Waals surface area (Å²) in [6, 6.07) is 16.1. The summed E-state index contributed by atoms with van der Waals surface area (Å²) in [6.07, 6.45) is 2.12. The minimum atomic E-state index is -3.50. The molecule has 1 heterocycles. The average molecular weight is 521 g/mol. The predicted octanol–water partition coefficient (Wildman–Crippen LogP) is 4.96. The Bertz CT molecular complexity index is 1600. The predicted molar refractivity (Wildman–Crippen MR) is 147 cm³/mol. The van der Waals surface area contributed by atoms with Crippen molar-refractivity contribution < 1.29 is 18.3 Å². The van der Waals surface area contributed by atoms with Gasteiger partial charge in [-0.15, -0.1) is 0 Å². The van der Waals surface area contributed by atoms with Gasteiger partial charge in [-0.3, -0.25) is 9.36 Å². The van der Waals surface area contributed by atoms with Crippen molar-refractivity contribution in [2.75, 3.05) is 19.5 Å². The molecule has 1 atom stereocenters. The highest BCUT2D eigenvalue weighted by Crippen LogP contribution is 2.31. The summed E-state index contributed by atoms with van der Waals surface area (Å²) in [7, 11) is -3.50. The molecule has 8 heteroatoms. The van der Waals surface area contributed by atoms with Gasteiger partial charge < -0.3 is 9.84 Å². The van der Waals surface area contributed by atoms with E-state index >= 15 is 0 Å². The van der Waals surface area contributed by atoms with Gasteiger partial charge in [0.15, 0.2) is 9.84 Å². The van der Waals surface area contributed by atoms with Crippen molar-refractivity contribution >= 4 is 20.7 Å². The molecule has 37 heavy (non-hydrogen) atoms. The molecule has 1 unspecified atom stereocenters. The number of nitrogens with zero attached hydrogens (tertiary/aromatic N) is 2. The molecule has 0 saturated carbocycles. The van der Waals surface area contributed by atoms with Crippen molar-refractivity contribution in [2.24, 2.45) is 0 Å². The molecular formula is C29H32N2O5S. The van der Waals surface area contributed by atoms with Crippen molar-refractivity contribution in [1.29, 1.82) is 0 Å². The monoisotopic (exact) mass is 520 g/mol. The molecule has 0 radical (unpaired) electrons. The molecule has 0 fully saturated rings. The van der Waals surface area contributed by atoms with Crippen molar-refractivity contribution in [3.63, 3.8) is 0 Å². The van der Waals surface area contributed by atoms with Gasteiger partial charge in [-0.25, -0.2) is 13.4 Å². The number of aliphatic hydroxyl groups excluding tert-OH is 1. The molecule has 4 aromatic rings. The molecule has 0 spiro atoms. The minimum Gasteiger partial charge on any atom is -0.491 e. The molecule has 3 aromatic carbocycles. The zero-order valence-electron chi connectivity index (χ0n) is 21.8. The first kappa shape index (κ1) is 26.6. The maximum atomic E-state index is 13.9. The first-order chi connectivity index (χ1) is 17.5. The molecule has 194 valence electrons. The van der Waals surface area contributed by atoms with Gasteiger partial charge in [-0.2, -0.15) is 0 Å². The molecule has 0 saturated heterocycles. The van der Waals surface area contributed by atoms with E-state index in [-0.39, 0.29) is 29.1 Å². The number of fused-ring (bicyclic) bond motifs is 1. The quantitative estimate of drug-likeness (QED) is 0.353. The second-order valence-electron chi connectivity index (χ2n) is 9.44. The van der Waals surface area contributed by atoms with Gasteiger partial charge in [0.1, 0.15) is 18.2 Å². The van der Waals surface area contributed by atoms with Gasteiger partial charge in [0.05, 0.1) is 28.1 Å². The van der Waals surface area contributed by atoms with E-state index in [2.05, 4.69) is 13.8 Å². The Morgan fingerprint density at radius 2 is 1.68 bits per heavy atom. The van der Waals surface area contributed by atoms with E-state index in [1.54, 1.807) is 6.07 Å². The van der Waals surface area contributed by atoms with Crippen LogP contribution in [-0.4, -0.2) is 42.5 Å². The number of aromatic nitrogens is 2. The number of aliphatic hydroxyl groups is 1. The summed E-state index contributed by atoms with van der Waals surface area (Å²) < 4.78 is 31.6. The van der Waals surface area contributed by atoms with Crippen molar-refractivity contribution in [2.45, 2.75) is 44.9 Å². The fraction of sp³-hybridized carbons (Fsp3) is 0.310. The zero-order chi connectivity index (χ0) is 26.9. The SMILES string of the molecule is CCC(C)c1ccc(-n2c(-c3cc(C)c(OCCO)c(C)c3)nc3ccc(S(C)(=O)=O)cc3c2=O)cc1. The van der Waals surface area contributed by atoms with Crippen LogP contribution < -0.4 is 10.3 Å². The topological polar surface area (TPSA) is 98.5 Å². The Balaban J connectivity index is 2.01. The molecule has 7 nitrogen and oxygen atoms in total. The van der Waals surface area contributed by atoms with Gasteiger partial charge in [-0.05, 0) is 85.3 Å². The van der Waals surface area contributed by atoms with E-state index in [0.717, 1.165) is 29.4 Å². The van der Waals surface area contributed by atoms with Gasteiger partial charge in [0.2, 0.25) is 0 Å². The maximum absolute atomic E-state index is 13.9. The van der Waals surface area contributed by atoms with E-state index < -0.39 is 9.84 Å². The standard InChI is InChI=1S/C29H32N2O5S/c1-6-18(2)21-7-9-23(10-8-21)31-28(22-15-19(3)27(20(4)16-22)36-14-13-32)30-26-12-11-24(37(5,34)35)17-25(26)29(31)33/h7-12,15-18,32H,6,13-14H2,1-5H3. The van der Waals surface area contributed by atoms with E-state index in [4.69, 9.17) is 14.8 Å². The van der Waals surface area contributed by atoms with Crippen molar-refractivity contribution in [1.82, 2.24) is 9.55 Å². The molecule has 0 amide bonds. The summed E-state index contributed by atoms with van der Waals surface area (Å²) in [5.41, 5.74) is 4.30. The van der Waals surface area contributed by atoms with Crippen LogP contribution >= 0.6 is 0 Å².